The Morgan fingerprint density at radius 1 is 1.00 bits per heavy atom. The molecule has 0 N–H and O–H groups in total. The number of carbonyl (C=O) groups excluding carboxylic acids is 1. The van der Waals surface area contributed by atoms with Crippen molar-refractivity contribution in [1.29, 1.82) is 0 Å². The molecule has 0 aliphatic carbocycles. The van der Waals surface area contributed by atoms with E-state index in [-0.39, 0.29) is 17.0 Å². The molecule has 0 amide bonds. The maximum atomic E-state index is 13.6. The Bertz CT molecular complexity index is 1190. The lowest BCUT2D eigenvalue weighted by atomic mass is 9.74. The standard InChI is InChI=1S/C22H26FNO.C10H13FO/c1-15-5-7-18(8-6-15)16(2)24-13-22(4,14-24)12-19-11-20(23)9-10-21(19)17(3)25;1-8-4-6-9(7-5-8)12-10(2,3)11/h5-11,16H,12-14H2,1-4H3;4-7H,1-3H3. The van der Waals surface area contributed by atoms with E-state index in [9.17, 15) is 13.6 Å². The van der Waals surface area contributed by atoms with Crippen molar-refractivity contribution in [3.63, 3.8) is 0 Å². The van der Waals surface area contributed by atoms with Gasteiger partial charge in [-0.15, -0.1) is 0 Å². The van der Waals surface area contributed by atoms with E-state index in [4.69, 9.17) is 4.74 Å². The summed E-state index contributed by atoms with van der Waals surface area (Å²) >= 11 is 0. The molecule has 0 saturated carbocycles. The fraction of sp³-hybridized carbons (Fsp3) is 0.406. The molecule has 1 fully saturated rings. The molecule has 5 heteroatoms. The van der Waals surface area contributed by atoms with Crippen molar-refractivity contribution in [2.45, 2.75) is 66.8 Å². The van der Waals surface area contributed by atoms with Crippen LogP contribution in [0, 0.1) is 25.1 Å². The summed E-state index contributed by atoms with van der Waals surface area (Å²) < 4.78 is 31.6. The number of hydrogen-bond donors (Lipinski definition) is 0. The number of hydrogen-bond acceptors (Lipinski definition) is 3. The summed E-state index contributed by atoms with van der Waals surface area (Å²) in [4.78, 5) is 14.3. The Kier molecular flexibility index (Phi) is 8.91. The van der Waals surface area contributed by atoms with Crippen LogP contribution in [-0.2, 0) is 6.42 Å². The summed E-state index contributed by atoms with van der Waals surface area (Å²) in [5.74, 6) is -1.31. The van der Waals surface area contributed by atoms with Crippen molar-refractivity contribution in [3.8, 4) is 5.75 Å². The quantitative estimate of drug-likeness (QED) is 0.303. The second-order valence-electron chi connectivity index (χ2n) is 11.1. The molecule has 0 aromatic heterocycles. The van der Waals surface area contributed by atoms with Crippen LogP contribution in [0.3, 0.4) is 0 Å². The van der Waals surface area contributed by atoms with E-state index in [1.165, 1.54) is 37.1 Å². The van der Waals surface area contributed by atoms with E-state index in [0.717, 1.165) is 30.6 Å². The fourth-order valence-electron chi connectivity index (χ4n) is 4.77. The van der Waals surface area contributed by atoms with Crippen molar-refractivity contribution in [2.24, 2.45) is 5.41 Å². The Morgan fingerprint density at radius 2 is 1.54 bits per heavy atom. The number of alkyl halides is 1. The fourth-order valence-corrected chi connectivity index (χ4v) is 4.77. The minimum atomic E-state index is -1.60. The number of carbonyl (C=O) groups is 1. The van der Waals surface area contributed by atoms with Gasteiger partial charge in [0.25, 0.3) is 0 Å². The minimum Gasteiger partial charge on any atom is -0.459 e. The predicted octanol–water partition coefficient (Wildman–Crippen LogP) is 8.04. The summed E-state index contributed by atoms with van der Waals surface area (Å²) in [5.41, 5.74) is 5.29. The predicted molar refractivity (Wildman–Crippen MR) is 146 cm³/mol. The van der Waals surface area contributed by atoms with Crippen LogP contribution in [-0.4, -0.2) is 29.6 Å². The van der Waals surface area contributed by atoms with Crippen molar-refractivity contribution < 1.29 is 18.3 Å². The number of benzene rings is 3. The maximum Gasteiger partial charge on any atom is 0.242 e. The summed E-state index contributed by atoms with van der Waals surface area (Å²) in [6.07, 6.45) is 0.733. The van der Waals surface area contributed by atoms with E-state index >= 15 is 0 Å². The number of ketones is 1. The van der Waals surface area contributed by atoms with Gasteiger partial charge in [0.15, 0.2) is 5.78 Å². The van der Waals surface area contributed by atoms with E-state index in [2.05, 4.69) is 49.9 Å². The first kappa shape index (κ1) is 28.5. The number of halogens is 2. The zero-order chi connectivity index (χ0) is 27.4. The maximum absolute atomic E-state index is 13.6. The van der Waals surface area contributed by atoms with Crippen LogP contribution < -0.4 is 4.74 Å². The Hall–Kier alpha value is -3.05. The molecule has 1 heterocycles. The van der Waals surface area contributed by atoms with Crippen LogP contribution in [0.4, 0.5) is 8.78 Å². The first-order valence-corrected chi connectivity index (χ1v) is 12.8. The Morgan fingerprint density at radius 3 is 2.05 bits per heavy atom. The molecule has 3 aromatic carbocycles. The first-order valence-electron chi connectivity index (χ1n) is 12.8. The van der Waals surface area contributed by atoms with Crippen LogP contribution in [0.25, 0.3) is 0 Å². The third-order valence-electron chi connectivity index (χ3n) is 6.72. The van der Waals surface area contributed by atoms with Gasteiger partial charge < -0.3 is 4.74 Å². The summed E-state index contributed by atoms with van der Waals surface area (Å²) in [6.45, 7) is 14.7. The van der Waals surface area contributed by atoms with E-state index in [0.29, 0.717) is 17.4 Å². The highest BCUT2D eigenvalue weighted by Gasteiger charge is 2.41. The molecule has 3 aromatic rings. The molecule has 1 saturated heterocycles. The van der Waals surface area contributed by atoms with Gasteiger partial charge in [-0.2, -0.15) is 4.39 Å². The van der Waals surface area contributed by atoms with Crippen LogP contribution in [0.5, 0.6) is 5.75 Å². The van der Waals surface area contributed by atoms with Crippen molar-refractivity contribution >= 4 is 5.78 Å². The first-order chi connectivity index (χ1) is 17.2. The van der Waals surface area contributed by atoms with Gasteiger partial charge in [-0.05, 0) is 81.0 Å². The van der Waals surface area contributed by atoms with Crippen molar-refractivity contribution in [3.05, 3.63) is 100 Å². The summed E-state index contributed by atoms with van der Waals surface area (Å²) in [5, 5.41) is 0. The molecule has 1 aliphatic rings. The third kappa shape index (κ3) is 8.22. The van der Waals surface area contributed by atoms with Gasteiger partial charge in [-0.25, -0.2) is 4.39 Å². The van der Waals surface area contributed by atoms with Gasteiger partial charge in [0.05, 0.1) is 0 Å². The Balaban J connectivity index is 0.000000266. The van der Waals surface area contributed by atoms with Crippen LogP contribution in [0.1, 0.15) is 73.3 Å². The molecule has 1 aliphatic heterocycles. The highest BCUT2D eigenvalue weighted by atomic mass is 19.2. The topological polar surface area (TPSA) is 29.5 Å². The highest BCUT2D eigenvalue weighted by molar-refractivity contribution is 5.95. The summed E-state index contributed by atoms with van der Waals surface area (Å²) in [7, 11) is 0. The van der Waals surface area contributed by atoms with Crippen LogP contribution >= 0.6 is 0 Å². The van der Waals surface area contributed by atoms with Gasteiger partial charge in [0.1, 0.15) is 11.6 Å². The van der Waals surface area contributed by atoms with Crippen molar-refractivity contribution in [1.82, 2.24) is 4.90 Å². The molecule has 3 nitrogen and oxygen atoms in total. The van der Waals surface area contributed by atoms with E-state index in [1.54, 1.807) is 25.1 Å². The lowest BCUT2D eigenvalue weighted by Crippen LogP contribution is -2.56. The van der Waals surface area contributed by atoms with E-state index in [1.807, 2.05) is 19.1 Å². The van der Waals surface area contributed by atoms with E-state index < -0.39 is 5.85 Å². The van der Waals surface area contributed by atoms with Crippen molar-refractivity contribution in [2.75, 3.05) is 13.1 Å². The van der Waals surface area contributed by atoms with Gasteiger partial charge in [0, 0.05) is 38.5 Å². The lowest BCUT2D eigenvalue weighted by molar-refractivity contribution is -0.0257. The second kappa shape index (κ2) is 11.6. The molecule has 1 atom stereocenters. The molecular formula is C32H39F2NO2. The van der Waals surface area contributed by atoms with Gasteiger partial charge in [-0.1, -0.05) is 54.4 Å². The molecule has 0 bridgehead atoms. The number of rotatable bonds is 7. The number of aryl methyl sites for hydroxylation is 2. The molecule has 0 radical (unpaired) electrons. The molecular weight excluding hydrogens is 468 g/mol. The largest absolute Gasteiger partial charge is 0.459 e. The molecule has 198 valence electrons. The normalized spacial score (nSPS) is 15.7. The SMILES string of the molecule is CC(=O)c1ccc(F)cc1CC1(C)CN(C(C)c2ccc(C)cc2)C1.Cc1ccc(OC(C)(C)F)cc1. The molecule has 1 unspecified atom stereocenters. The average Bonchev–Trinajstić information content (AvgIpc) is 2.78. The zero-order valence-electron chi connectivity index (χ0n) is 23.1. The highest BCUT2D eigenvalue weighted by Crippen LogP contribution is 2.39. The zero-order valence-corrected chi connectivity index (χ0v) is 23.1. The second-order valence-corrected chi connectivity index (χ2v) is 11.1. The van der Waals surface area contributed by atoms with Crippen LogP contribution in [0.2, 0.25) is 0 Å². The van der Waals surface area contributed by atoms with Gasteiger partial charge in [0.2, 0.25) is 5.85 Å². The number of nitrogens with zero attached hydrogens (tertiary/aromatic N) is 1. The Labute approximate surface area is 220 Å². The number of ether oxygens (including phenoxy) is 1. The van der Waals surface area contributed by atoms with Crippen LogP contribution in [0.15, 0.2) is 66.7 Å². The minimum absolute atomic E-state index is 0.00260. The van der Waals surface area contributed by atoms with Gasteiger partial charge >= 0.3 is 0 Å². The smallest absolute Gasteiger partial charge is 0.242 e. The van der Waals surface area contributed by atoms with Gasteiger partial charge in [-0.3, -0.25) is 9.69 Å². The summed E-state index contributed by atoms with van der Waals surface area (Å²) in [6, 6.07) is 20.9. The third-order valence-corrected chi connectivity index (χ3v) is 6.72. The lowest BCUT2D eigenvalue weighted by Gasteiger charge is -2.51. The molecule has 37 heavy (non-hydrogen) atoms. The average molecular weight is 508 g/mol. The number of likely N-dealkylation sites (tertiary alicyclic amines) is 1. The monoisotopic (exact) mass is 507 g/mol. The molecule has 0 spiro atoms. The molecule has 4 rings (SSSR count). The number of Topliss-reactive ketones (excluding diaryl/α,β-unsaturated/α-hetero) is 1.